The van der Waals surface area contributed by atoms with Crippen LogP contribution in [0.15, 0.2) is 0 Å². The second kappa shape index (κ2) is 7.06. The first-order valence-corrected chi connectivity index (χ1v) is 7.97. The maximum Gasteiger partial charge on any atom is 0.422 e. The second-order valence-electron chi connectivity index (χ2n) is 5.14. The van der Waals surface area contributed by atoms with Crippen molar-refractivity contribution in [3.8, 4) is 0 Å². The molecule has 3 N–H and O–H groups in total. The predicted molar refractivity (Wildman–Crippen MR) is 71.8 cm³/mol. The molecule has 2 unspecified atom stereocenters. The number of hydrogen-bond donors (Lipinski definition) is 3. The summed E-state index contributed by atoms with van der Waals surface area (Å²) >= 11 is 0. The molecule has 1 saturated heterocycles. The Balaban J connectivity index is 2.39. The Hall–Kier alpha value is -0.860. The molecule has 1 heterocycles. The first kappa shape index (κ1) is 16.2. The molecule has 2 atom stereocenters. The molecule has 1 fully saturated rings. The summed E-state index contributed by atoms with van der Waals surface area (Å²) < 4.78 is 32.2. The highest BCUT2D eigenvalue weighted by Gasteiger charge is 2.23. The molecular formula is C11H23N3O4S. The maximum atomic E-state index is 11.6. The number of rotatable bonds is 5. The van der Waals surface area contributed by atoms with Gasteiger partial charge in [0, 0.05) is 6.54 Å². The van der Waals surface area contributed by atoms with Crippen LogP contribution in [-0.2, 0) is 14.9 Å². The Morgan fingerprint density at radius 2 is 2.16 bits per heavy atom. The summed E-state index contributed by atoms with van der Waals surface area (Å²) in [6, 6.07) is 0. The molecular weight excluding hydrogens is 270 g/mol. The zero-order valence-corrected chi connectivity index (χ0v) is 12.4. The van der Waals surface area contributed by atoms with Crippen LogP contribution in [0.5, 0.6) is 0 Å². The van der Waals surface area contributed by atoms with Crippen LogP contribution in [0.1, 0.15) is 27.2 Å². The lowest BCUT2D eigenvalue weighted by Crippen LogP contribution is -2.46. The monoisotopic (exact) mass is 293 g/mol. The van der Waals surface area contributed by atoms with Gasteiger partial charge in [-0.3, -0.25) is 0 Å². The topological polar surface area (TPSA) is 96.5 Å². The van der Waals surface area contributed by atoms with E-state index in [1.165, 1.54) is 0 Å². The maximum absolute atomic E-state index is 11.6. The van der Waals surface area contributed by atoms with E-state index in [-0.39, 0.29) is 12.0 Å². The lowest BCUT2D eigenvalue weighted by atomic mass is 9.88. The van der Waals surface area contributed by atoms with E-state index in [4.69, 9.17) is 4.74 Å². The number of hydrogen-bond acceptors (Lipinski definition) is 5. The molecule has 1 rings (SSSR count). The van der Waals surface area contributed by atoms with Crippen LogP contribution in [0.2, 0.25) is 0 Å². The van der Waals surface area contributed by atoms with Crippen LogP contribution >= 0.6 is 0 Å². The van der Waals surface area contributed by atoms with Crippen molar-refractivity contribution in [3.05, 3.63) is 0 Å². The summed E-state index contributed by atoms with van der Waals surface area (Å²) in [7, 11) is -3.85. The van der Waals surface area contributed by atoms with Crippen LogP contribution < -0.4 is 14.8 Å². The quantitative estimate of drug-likeness (QED) is 0.673. The highest BCUT2D eigenvalue weighted by atomic mass is 32.2. The third kappa shape index (κ3) is 6.22. The van der Waals surface area contributed by atoms with Gasteiger partial charge in [-0.25, -0.2) is 9.52 Å². The van der Waals surface area contributed by atoms with Gasteiger partial charge in [-0.2, -0.15) is 13.1 Å². The van der Waals surface area contributed by atoms with E-state index in [9.17, 15) is 13.2 Å². The fourth-order valence-electron chi connectivity index (χ4n) is 1.93. The molecule has 0 radical (unpaired) electrons. The molecule has 0 aliphatic carbocycles. The Kier molecular flexibility index (Phi) is 6.02. The first-order valence-electron chi connectivity index (χ1n) is 6.49. The molecule has 0 saturated carbocycles. The lowest BCUT2D eigenvalue weighted by Gasteiger charge is -2.29. The van der Waals surface area contributed by atoms with Crippen molar-refractivity contribution in [2.45, 2.75) is 33.3 Å². The second-order valence-corrected chi connectivity index (χ2v) is 6.64. The molecule has 7 nitrogen and oxygen atoms in total. The van der Waals surface area contributed by atoms with Crippen molar-refractivity contribution in [1.29, 1.82) is 0 Å². The Morgan fingerprint density at radius 1 is 1.47 bits per heavy atom. The highest BCUT2D eigenvalue weighted by molar-refractivity contribution is 7.88. The molecule has 0 spiro atoms. The number of ether oxygens (including phenoxy) is 1. The minimum atomic E-state index is -3.85. The van der Waals surface area contributed by atoms with Crippen molar-refractivity contribution in [1.82, 2.24) is 14.8 Å². The average Bonchev–Trinajstić information content (AvgIpc) is 2.26. The van der Waals surface area contributed by atoms with Gasteiger partial charge < -0.3 is 10.1 Å². The summed E-state index contributed by atoms with van der Waals surface area (Å²) in [5.41, 5.74) is 0. The van der Waals surface area contributed by atoms with Crippen molar-refractivity contribution < 1.29 is 17.9 Å². The molecule has 19 heavy (non-hydrogen) atoms. The van der Waals surface area contributed by atoms with Gasteiger partial charge in [0.2, 0.25) is 0 Å². The summed E-state index contributed by atoms with van der Waals surface area (Å²) in [6.07, 6.45) is -0.301. The molecule has 1 amide bonds. The van der Waals surface area contributed by atoms with E-state index in [1.807, 2.05) is 4.72 Å². The minimum absolute atomic E-state index is 0.228. The van der Waals surface area contributed by atoms with Gasteiger partial charge in [0.15, 0.2) is 0 Å². The largest absolute Gasteiger partial charge is 0.446 e. The fourth-order valence-corrected chi connectivity index (χ4v) is 2.70. The van der Waals surface area contributed by atoms with Crippen molar-refractivity contribution in [2.24, 2.45) is 11.8 Å². The lowest BCUT2D eigenvalue weighted by molar-refractivity contribution is 0.121. The summed E-state index contributed by atoms with van der Waals surface area (Å²) in [5, 5.41) is 3.22. The van der Waals surface area contributed by atoms with Crippen molar-refractivity contribution in [2.75, 3.05) is 19.6 Å². The molecule has 0 aromatic rings. The molecule has 1 aliphatic heterocycles. The smallest absolute Gasteiger partial charge is 0.422 e. The number of carbonyl (C=O) groups excluding carboxylic acids is 1. The minimum Gasteiger partial charge on any atom is -0.446 e. The molecule has 0 aromatic carbocycles. The number of nitrogens with one attached hydrogen (secondary N) is 3. The van der Waals surface area contributed by atoms with Gasteiger partial charge >= 0.3 is 16.3 Å². The molecule has 0 bridgehead atoms. The van der Waals surface area contributed by atoms with Gasteiger partial charge in [-0.1, -0.05) is 6.92 Å². The standard InChI is InChI=1S/C11H23N3O4S/c1-8(2)18-11(15)14-19(16,17)13-7-10-6-12-5-4-9(10)3/h8-10,12-13H,4-7H2,1-3H3,(H,14,15). The van der Waals surface area contributed by atoms with Crippen LogP contribution in [0.25, 0.3) is 0 Å². The summed E-state index contributed by atoms with van der Waals surface area (Å²) in [6.45, 7) is 7.44. The van der Waals surface area contributed by atoms with E-state index in [1.54, 1.807) is 13.8 Å². The van der Waals surface area contributed by atoms with E-state index in [0.29, 0.717) is 12.5 Å². The van der Waals surface area contributed by atoms with E-state index >= 15 is 0 Å². The molecule has 8 heteroatoms. The molecule has 112 valence electrons. The van der Waals surface area contributed by atoms with E-state index < -0.39 is 16.3 Å². The van der Waals surface area contributed by atoms with Gasteiger partial charge in [0.25, 0.3) is 0 Å². The van der Waals surface area contributed by atoms with Crippen LogP contribution in [0.4, 0.5) is 4.79 Å². The number of piperidine rings is 1. The molecule has 1 aliphatic rings. The average molecular weight is 293 g/mol. The van der Waals surface area contributed by atoms with Crippen molar-refractivity contribution >= 4 is 16.3 Å². The third-order valence-corrected chi connectivity index (χ3v) is 4.07. The summed E-state index contributed by atoms with van der Waals surface area (Å²) in [4.78, 5) is 11.2. The van der Waals surface area contributed by atoms with Gasteiger partial charge in [-0.15, -0.1) is 0 Å². The van der Waals surface area contributed by atoms with Crippen molar-refractivity contribution in [3.63, 3.8) is 0 Å². The summed E-state index contributed by atoms with van der Waals surface area (Å²) in [5.74, 6) is 0.679. The molecule has 0 aromatic heterocycles. The van der Waals surface area contributed by atoms with Crippen LogP contribution in [0, 0.1) is 11.8 Å². The normalized spacial score (nSPS) is 24.2. The Bertz CT molecular complexity index is 397. The first-order chi connectivity index (χ1) is 8.80. The highest BCUT2D eigenvalue weighted by Crippen LogP contribution is 2.17. The third-order valence-electron chi connectivity index (χ3n) is 3.08. The SMILES string of the molecule is CC(C)OC(=O)NS(=O)(=O)NCC1CNCCC1C. The zero-order chi connectivity index (χ0) is 14.5. The number of amides is 1. The van der Waals surface area contributed by atoms with E-state index in [0.717, 1.165) is 19.5 Å². The fraction of sp³-hybridized carbons (Fsp3) is 0.909. The Morgan fingerprint density at radius 3 is 2.74 bits per heavy atom. The predicted octanol–water partition coefficient (Wildman–Crippen LogP) is 0.201. The van der Waals surface area contributed by atoms with Gasteiger partial charge in [0.1, 0.15) is 0 Å². The van der Waals surface area contributed by atoms with Crippen LogP contribution in [0.3, 0.4) is 0 Å². The van der Waals surface area contributed by atoms with Gasteiger partial charge in [0.05, 0.1) is 6.10 Å². The van der Waals surface area contributed by atoms with Gasteiger partial charge in [-0.05, 0) is 45.2 Å². The van der Waals surface area contributed by atoms with E-state index in [2.05, 4.69) is 17.0 Å². The van der Waals surface area contributed by atoms with Crippen LogP contribution in [-0.4, -0.2) is 40.2 Å². The number of carbonyl (C=O) groups is 1. The zero-order valence-electron chi connectivity index (χ0n) is 11.6. The Labute approximate surface area is 114 Å².